The number of imidazole rings is 1. The molecule has 2 heterocycles. The van der Waals surface area contributed by atoms with Gasteiger partial charge < -0.3 is 9.30 Å². The van der Waals surface area contributed by atoms with Crippen molar-refractivity contribution in [2.24, 2.45) is 14.1 Å². The van der Waals surface area contributed by atoms with E-state index in [4.69, 9.17) is 4.74 Å². The Hall–Kier alpha value is -2.38. The van der Waals surface area contributed by atoms with Crippen molar-refractivity contribution in [3.05, 3.63) is 27.2 Å². The molecule has 8 heteroatoms. The van der Waals surface area contributed by atoms with Gasteiger partial charge in [0, 0.05) is 27.6 Å². The van der Waals surface area contributed by atoms with E-state index in [1.165, 1.54) is 22.4 Å². The highest BCUT2D eigenvalue weighted by Crippen LogP contribution is 2.06. The Balaban J connectivity index is 2.12. The molecule has 0 unspecified atom stereocenters. The molecular formula is C15H22N4O4. The molecule has 0 radical (unpaired) electrons. The van der Waals surface area contributed by atoms with Crippen LogP contribution in [0.4, 0.5) is 0 Å². The molecule has 0 saturated carbocycles. The maximum absolute atomic E-state index is 12.5. The first-order chi connectivity index (χ1) is 10.8. The number of ether oxygens (including phenoxy) is 1. The van der Waals surface area contributed by atoms with Gasteiger partial charge in [-0.1, -0.05) is 0 Å². The van der Waals surface area contributed by atoms with Crippen LogP contribution in [0.2, 0.25) is 0 Å². The lowest BCUT2D eigenvalue weighted by molar-refractivity contribution is -0.145. The second kappa shape index (κ2) is 6.80. The Labute approximate surface area is 133 Å². The van der Waals surface area contributed by atoms with Crippen molar-refractivity contribution in [2.75, 3.05) is 0 Å². The van der Waals surface area contributed by atoms with Crippen LogP contribution in [0.1, 0.15) is 33.1 Å². The predicted molar refractivity (Wildman–Crippen MR) is 85.3 cm³/mol. The standard InChI is InChI=1S/C15H22N4O4/c1-10(23-11(2)20)7-5-6-8-19-14(21)12-13(16-9-17(12)3)18(4)15(19)22/h9-10H,5-8H2,1-4H3/t10-/m1/s1. The SMILES string of the molecule is CC(=O)O[C@H](C)CCCCn1c(=O)c2c(ncn2C)n(C)c1=O. The van der Waals surface area contributed by atoms with E-state index < -0.39 is 0 Å². The van der Waals surface area contributed by atoms with Gasteiger partial charge in [-0.25, -0.2) is 9.78 Å². The van der Waals surface area contributed by atoms with E-state index in [-0.39, 0.29) is 23.3 Å². The summed E-state index contributed by atoms with van der Waals surface area (Å²) in [6.07, 6.45) is 3.48. The fourth-order valence-electron chi connectivity index (χ4n) is 2.64. The second-order valence-electron chi connectivity index (χ2n) is 5.74. The summed E-state index contributed by atoms with van der Waals surface area (Å²) in [5, 5.41) is 0. The van der Waals surface area contributed by atoms with Crippen LogP contribution in [0, 0.1) is 0 Å². The Morgan fingerprint density at radius 2 is 2.00 bits per heavy atom. The maximum Gasteiger partial charge on any atom is 0.332 e. The van der Waals surface area contributed by atoms with Gasteiger partial charge in [-0.15, -0.1) is 0 Å². The van der Waals surface area contributed by atoms with Crippen LogP contribution in [0.25, 0.3) is 11.2 Å². The van der Waals surface area contributed by atoms with Crippen LogP contribution in [-0.4, -0.2) is 30.8 Å². The van der Waals surface area contributed by atoms with Gasteiger partial charge in [0.05, 0.1) is 12.4 Å². The third-order valence-corrected chi connectivity index (χ3v) is 3.81. The molecule has 0 N–H and O–H groups in total. The normalized spacial score (nSPS) is 12.5. The number of esters is 1. The second-order valence-corrected chi connectivity index (χ2v) is 5.74. The maximum atomic E-state index is 12.5. The van der Waals surface area contributed by atoms with Crippen LogP contribution in [0.5, 0.6) is 0 Å². The lowest BCUT2D eigenvalue weighted by atomic mass is 10.2. The Morgan fingerprint density at radius 3 is 2.65 bits per heavy atom. The van der Waals surface area contributed by atoms with E-state index in [0.29, 0.717) is 30.6 Å². The minimum atomic E-state index is -0.366. The number of nitrogens with zero attached hydrogens (tertiary/aromatic N) is 4. The van der Waals surface area contributed by atoms with Crippen molar-refractivity contribution >= 4 is 17.1 Å². The zero-order chi connectivity index (χ0) is 17.1. The van der Waals surface area contributed by atoms with Crippen molar-refractivity contribution < 1.29 is 9.53 Å². The fourth-order valence-corrected chi connectivity index (χ4v) is 2.64. The number of fused-ring (bicyclic) bond motifs is 1. The summed E-state index contributed by atoms with van der Waals surface area (Å²) in [6.45, 7) is 3.54. The summed E-state index contributed by atoms with van der Waals surface area (Å²) in [5.74, 6) is -0.302. The zero-order valence-electron chi connectivity index (χ0n) is 13.9. The van der Waals surface area contributed by atoms with Gasteiger partial charge in [-0.2, -0.15) is 0 Å². The molecule has 2 aromatic heterocycles. The molecule has 0 fully saturated rings. The van der Waals surface area contributed by atoms with E-state index in [9.17, 15) is 14.4 Å². The number of aryl methyl sites for hydroxylation is 2. The Morgan fingerprint density at radius 1 is 1.30 bits per heavy atom. The highest BCUT2D eigenvalue weighted by Gasteiger charge is 2.14. The van der Waals surface area contributed by atoms with Gasteiger partial charge in [0.25, 0.3) is 5.56 Å². The van der Waals surface area contributed by atoms with Gasteiger partial charge in [0.2, 0.25) is 0 Å². The smallest absolute Gasteiger partial charge is 0.332 e. The van der Waals surface area contributed by atoms with Gasteiger partial charge in [0.15, 0.2) is 11.2 Å². The molecule has 23 heavy (non-hydrogen) atoms. The van der Waals surface area contributed by atoms with Crippen LogP contribution < -0.4 is 11.2 Å². The van der Waals surface area contributed by atoms with E-state index in [0.717, 1.165) is 6.42 Å². The summed E-state index contributed by atoms with van der Waals surface area (Å²) < 4.78 is 9.29. The number of carbonyl (C=O) groups is 1. The Bertz CT molecular complexity index is 830. The lowest BCUT2D eigenvalue weighted by Gasteiger charge is -2.12. The van der Waals surface area contributed by atoms with E-state index in [1.807, 2.05) is 6.92 Å². The number of hydrogen-bond donors (Lipinski definition) is 0. The number of hydrogen-bond acceptors (Lipinski definition) is 5. The van der Waals surface area contributed by atoms with Crippen LogP contribution in [0.3, 0.4) is 0 Å². The van der Waals surface area contributed by atoms with E-state index in [2.05, 4.69) is 4.98 Å². The van der Waals surface area contributed by atoms with E-state index >= 15 is 0 Å². The zero-order valence-corrected chi connectivity index (χ0v) is 13.9. The molecule has 0 aliphatic carbocycles. The molecule has 0 bridgehead atoms. The van der Waals surface area contributed by atoms with E-state index in [1.54, 1.807) is 18.7 Å². The predicted octanol–water partition coefficient (Wildman–Crippen LogP) is 0.556. The van der Waals surface area contributed by atoms with Crippen LogP contribution in [-0.2, 0) is 30.2 Å². The van der Waals surface area contributed by atoms with Gasteiger partial charge in [-0.3, -0.25) is 18.7 Å². The van der Waals surface area contributed by atoms with Crippen LogP contribution >= 0.6 is 0 Å². The first-order valence-corrected chi connectivity index (χ1v) is 7.61. The van der Waals surface area contributed by atoms with Crippen molar-refractivity contribution in [3.8, 4) is 0 Å². The molecule has 0 saturated heterocycles. The molecule has 0 spiro atoms. The monoisotopic (exact) mass is 322 g/mol. The average Bonchev–Trinajstić information content (AvgIpc) is 2.85. The molecule has 2 aromatic rings. The first-order valence-electron chi connectivity index (χ1n) is 7.61. The third kappa shape index (κ3) is 3.52. The summed E-state index contributed by atoms with van der Waals surface area (Å²) in [4.78, 5) is 39.7. The summed E-state index contributed by atoms with van der Waals surface area (Å²) in [6, 6.07) is 0. The third-order valence-electron chi connectivity index (χ3n) is 3.81. The molecule has 126 valence electrons. The fraction of sp³-hybridized carbons (Fsp3) is 0.600. The summed E-state index contributed by atoms with van der Waals surface area (Å²) >= 11 is 0. The van der Waals surface area contributed by atoms with Crippen molar-refractivity contribution in [3.63, 3.8) is 0 Å². The molecule has 0 aliphatic heterocycles. The number of carbonyl (C=O) groups excluding carboxylic acids is 1. The number of unbranched alkanes of at least 4 members (excludes halogenated alkanes) is 1. The topological polar surface area (TPSA) is 88.1 Å². The molecule has 2 rings (SSSR count). The molecule has 0 aliphatic rings. The van der Waals surface area contributed by atoms with Crippen molar-refractivity contribution in [1.82, 2.24) is 18.7 Å². The Kier molecular flexibility index (Phi) is 5.02. The summed E-state index contributed by atoms with van der Waals surface area (Å²) in [5.41, 5.74) is 0.119. The largest absolute Gasteiger partial charge is 0.463 e. The number of aromatic nitrogens is 4. The molecule has 8 nitrogen and oxygen atoms in total. The minimum Gasteiger partial charge on any atom is -0.463 e. The molecular weight excluding hydrogens is 300 g/mol. The van der Waals surface area contributed by atoms with Gasteiger partial charge in [-0.05, 0) is 26.2 Å². The quantitative estimate of drug-likeness (QED) is 0.572. The first kappa shape index (κ1) is 17.0. The molecule has 0 aromatic carbocycles. The van der Waals surface area contributed by atoms with Gasteiger partial charge >= 0.3 is 11.7 Å². The average molecular weight is 322 g/mol. The molecule has 0 amide bonds. The number of rotatable bonds is 6. The van der Waals surface area contributed by atoms with Crippen LogP contribution in [0.15, 0.2) is 15.9 Å². The summed E-state index contributed by atoms with van der Waals surface area (Å²) in [7, 11) is 3.34. The van der Waals surface area contributed by atoms with Crippen molar-refractivity contribution in [1.29, 1.82) is 0 Å². The highest BCUT2D eigenvalue weighted by molar-refractivity contribution is 5.69. The van der Waals surface area contributed by atoms with Crippen molar-refractivity contribution in [2.45, 2.75) is 45.8 Å². The lowest BCUT2D eigenvalue weighted by Crippen LogP contribution is -2.39. The van der Waals surface area contributed by atoms with Gasteiger partial charge in [0.1, 0.15) is 0 Å². The molecule has 1 atom stereocenters. The minimum absolute atomic E-state index is 0.161. The highest BCUT2D eigenvalue weighted by atomic mass is 16.5.